The maximum atomic E-state index is 4.45. The molecule has 1 heterocycles. The predicted molar refractivity (Wildman–Crippen MR) is 95.1 cm³/mol. The van der Waals surface area contributed by atoms with Crippen molar-refractivity contribution in [1.82, 2.24) is 4.98 Å². The Morgan fingerprint density at radius 3 is 2.67 bits per heavy atom. The third kappa shape index (κ3) is 3.77. The van der Waals surface area contributed by atoms with Crippen LogP contribution in [0.5, 0.6) is 0 Å². The van der Waals surface area contributed by atoms with Crippen LogP contribution in [-0.4, -0.2) is 11.2 Å². The van der Waals surface area contributed by atoms with Gasteiger partial charge in [-0.05, 0) is 39.7 Å². The van der Waals surface area contributed by atoms with Crippen LogP contribution in [0, 0.1) is 0 Å². The molecule has 104 valence electrons. The fourth-order valence-electron chi connectivity index (χ4n) is 1.81. The maximum absolute atomic E-state index is 4.45. The van der Waals surface area contributed by atoms with E-state index in [4.69, 9.17) is 0 Å². The Kier molecular flexibility index (Phi) is 4.43. The van der Waals surface area contributed by atoms with Gasteiger partial charge in [0.1, 0.15) is 0 Å². The van der Waals surface area contributed by atoms with Crippen LogP contribution in [-0.2, 0) is 0 Å². The Morgan fingerprint density at radius 1 is 1.10 bits per heavy atom. The molecule has 0 saturated carbocycles. The summed E-state index contributed by atoms with van der Waals surface area (Å²) in [6, 6.07) is 18.1. The van der Waals surface area contributed by atoms with E-state index in [2.05, 4.69) is 31.4 Å². The SMILES string of the molecule is Br/C(C=NNc1nc2ccccc2s1)=C/c1ccccc1. The van der Waals surface area contributed by atoms with Crippen LogP contribution in [0.2, 0.25) is 0 Å². The number of benzene rings is 2. The Morgan fingerprint density at radius 2 is 1.86 bits per heavy atom. The summed E-state index contributed by atoms with van der Waals surface area (Å²) in [6.45, 7) is 0. The molecule has 3 nitrogen and oxygen atoms in total. The molecule has 0 aliphatic heterocycles. The number of para-hydroxylation sites is 1. The lowest BCUT2D eigenvalue weighted by Gasteiger charge is -1.94. The summed E-state index contributed by atoms with van der Waals surface area (Å²) in [7, 11) is 0. The summed E-state index contributed by atoms with van der Waals surface area (Å²) < 4.78 is 2.04. The molecule has 21 heavy (non-hydrogen) atoms. The molecular formula is C16H12BrN3S. The van der Waals surface area contributed by atoms with Crippen molar-refractivity contribution in [3.8, 4) is 0 Å². The van der Waals surface area contributed by atoms with Gasteiger partial charge in [0.15, 0.2) is 0 Å². The lowest BCUT2D eigenvalue weighted by molar-refractivity contribution is 1.31. The molecular weight excluding hydrogens is 346 g/mol. The van der Waals surface area contributed by atoms with E-state index in [0.717, 1.165) is 25.4 Å². The van der Waals surface area contributed by atoms with Gasteiger partial charge in [-0.3, -0.25) is 5.43 Å². The topological polar surface area (TPSA) is 37.3 Å². The van der Waals surface area contributed by atoms with Gasteiger partial charge < -0.3 is 0 Å². The molecule has 1 aromatic heterocycles. The number of nitrogens with zero attached hydrogens (tertiary/aromatic N) is 2. The summed E-state index contributed by atoms with van der Waals surface area (Å²) >= 11 is 5.06. The van der Waals surface area contributed by atoms with E-state index in [1.165, 1.54) is 0 Å². The highest BCUT2D eigenvalue weighted by Crippen LogP contribution is 2.25. The minimum atomic E-state index is 0.785. The van der Waals surface area contributed by atoms with Crippen molar-refractivity contribution in [2.45, 2.75) is 0 Å². The van der Waals surface area contributed by atoms with Gasteiger partial charge in [0.05, 0.1) is 16.4 Å². The highest BCUT2D eigenvalue weighted by molar-refractivity contribution is 9.12. The predicted octanol–water partition coefficient (Wildman–Crippen LogP) is 5.13. The smallest absolute Gasteiger partial charge is 0.204 e. The molecule has 0 amide bonds. The zero-order chi connectivity index (χ0) is 14.5. The molecule has 2 aromatic carbocycles. The lowest BCUT2D eigenvalue weighted by atomic mass is 10.2. The largest absolute Gasteiger partial charge is 0.253 e. The fourth-order valence-corrected chi connectivity index (χ4v) is 3.00. The highest BCUT2D eigenvalue weighted by Gasteiger charge is 2.00. The highest BCUT2D eigenvalue weighted by atomic mass is 79.9. The van der Waals surface area contributed by atoms with Gasteiger partial charge >= 0.3 is 0 Å². The number of rotatable bonds is 4. The number of hydrogen-bond donors (Lipinski definition) is 1. The number of hydrogen-bond acceptors (Lipinski definition) is 4. The number of fused-ring (bicyclic) bond motifs is 1. The van der Waals surface area contributed by atoms with Gasteiger partial charge in [-0.2, -0.15) is 5.10 Å². The van der Waals surface area contributed by atoms with E-state index >= 15 is 0 Å². The van der Waals surface area contributed by atoms with E-state index in [0.29, 0.717) is 0 Å². The van der Waals surface area contributed by atoms with E-state index in [9.17, 15) is 0 Å². The first-order chi connectivity index (χ1) is 10.3. The molecule has 1 N–H and O–H groups in total. The molecule has 0 fully saturated rings. The van der Waals surface area contributed by atoms with Crippen LogP contribution < -0.4 is 5.43 Å². The Labute approximate surface area is 135 Å². The Balaban J connectivity index is 1.67. The Hall–Kier alpha value is -1.98. The van der Waals surface area contributed by atoms with Crippen molar-refractivity contribution in [1.29, 1.82) is 0 Å². The van der Waals surface area contributed by atoms with Gasteiger partial charge in [0, 0.05) is 4.48 Å². The average molecular weight is 358 g/mol. The number of thiazole rings is 1. The molecule has 5 heteroatoms. The van der Waals surface area contributed by atoms with Crippen molar-refractivity contribution < 1.29 is 0 Å². The fraction of sp³-hybridized carbons (Fsp3) is 0. The third-order valence-corrected chi connectivity index (χ3v) is 4.12. The van der Waals surface area contributed by atoms with Crippen molar-refractivity contribution in [2.24, 2.45) is 5.10 Å². The summed E-state index contributed by atoms with van der Waals surface area (Å²) in [5.74, 6) is 0. The molecule has 0 saturated heterocycles. The van der Waals surface area contributed by atoms with Gasteiger partial charge in [-0.1, -0.05) is 53.8 Å². The van der Waals surface area contributed by atoms with Crippen molar-refractivity contribution in [3.05, 3.63) is 64.6 Å². The van der Waals surface area contributed by atoms with E-state index in [1.807, 2.05) is 60.7 Å². The maximum Gasteiger partial charge on any atom is 0.204 e. The van der Waals surface area contributed by atoms with Crippen molar-refractivity contribution in [2.75, 3.05) is 5.43 Å². The van der Waals surface area contributed by atoms with Crippen LogP contribution in [0.4, 0.5) is 5.13 Å². The second-order valence-electron chi connectivity index (χ2n) is 4.30. The second kappa shape index (κ2) is 6.65. The minimum Gasteiger partial charge on any atom is -0.253 e. The Bertz CT molecular complexity index is 760. The van der Waals surface area contributed by atoms with Crippen LogP contribution >= 0.6 is 27.3 Å². The third-order valence-electron chi connectivity index (χ3n) is 2.75. The second-order valence-corrected chi connectivity index (χ2v) is 6.24. The summed E-state index contributed by atoms with van der Waals surface area (Å²) in [6.07, 6.45) is 3.72. The van der Waals surface area contributed by atoms with E-state index in [1.54, 1.807) is 17.6 Å². The number of aromatic nitrogens is 1. The van der Waals surface area contributed by atoms with Crippen molar-refractivity contribution >= 4 is 54.9 Å². The molecule has 0 aliphatic rings. The number of halogens is 1. The van der Waals surface area contributed by atoms with Crippen LogP contribution in [0.15, 0.2) is 64.2 Å². The zero-order valence-electron chi connectivity index (χ0n) is 11.0. The number of hydrazone groups is 1. The zero-order valence-corrected chi connectivity index (χ0v) is 13.4. The lowest BCUT2D eigenvalue weighted by Crippen LogP contribution is -1.88. The van der Waals surface area contributed by atoms with Crippen LogP contribution in [0.1, 0.15) is 5.56 Å². The van der Waals surface area contributed by atoms with E-state index < -0.39 is 0 Å². The minimum absolute atomic E-state index is 0.785. The van der Waals surface area contributed by atoms with Gasteiger partial charge in [0.2, 0.25) is 5.13 Å². The molecule has 3 rings (SSSR count). The van der Waals surface area contributed by atoms with Crippen LogP contribution in [0.3, 0.4) is 0 Å². The first-order valence-electron chi connectivity index (χ1n) is 6.38. The first kappa shape index (κ1) is 14.0. The standard InChI is InChI=1S/C16H12BrN3S/c17-13(10-12-6-2-1-3-7-12)11-18-20-16-19-14-8-4-5-9-15(14)21-16/h1-11H,(H,19,20)/b13-10+,18-11?. The van der Waals surface area contributed by atoms with Gasteiger partial charge in [-0.25, -0.2) is 4.98 Å². The van der Waals surface area contributed by atoms with E-state index in [-0.39, 0.29) is 0 Å². The molecule has 3 aromatic rings. The number of nitrogens with one attached hydrogen (secondary N) is 1. The summed E-state index contributed by atoms with van der Waals surface area (Å²) in [5, 5.41) is 4.98. The monoisotopic (exact) mass is 357 g/mol. The molecule has 0 aliphatic carbocycles. The first-order valence-corrected chi connectivity index (χ1v) is 7.99. The summed E-state index contributed by atoms with van der Waals surface area (Å²) in [5.41, 5.74) is 5.06. The molecule has 0 spiro atoms. The number of anilines is 1. The summed E-state index contributed by atoms with van der Waals surface area (Å²) in [4.78, 5) is 4.45. The number of allylic oxidation sites excluding steroid dienone is 1. The van der Waals surface area contributed by atoms with Gasteiger partial charge in [-0.15, -0.1) is 0 Å². The molecule has 0 unspecified atom stereocenters. The van der Waals surface area contributed by atoms with Crippen molar-refractivity contribution in [3.63, 3.8) is 0 Å². The molecule has 0 atom stereocenters. The van der Waals surface area contributed by atoms with Crippen LogP contribution in [0.25, 0.3) is 16.3 Å². The quantitative estimate of drug-likeness (QED) is 0.519. The normalized spacial score (nSPS) is 12.1. The van der Waals surface area contributed by atoms with Gasteiger partial charge in [0.25, 0.3) is 0 Å². The average Bonchev–Trinajstić information content (AvgIpc) is 2.91. The molecule has 0 radical (unpaired) electrons. The molecule has 0 bridgehead atoms.